The highest BCUT2D eigenvalue weighted by Gasteiger charge is 2.24. The normalized spacial score (nSPS) is 12.0. The van der Waals surface area contributed by atoms with Crippen LogP contribution >= 0.6 is 11.6 Å². The van der Waals surface area contributed by atoms with Gasteiger partial charge in [0.05, 0.1) is 0 Å². The monoisotopic (exact) mass is 716 g/mol. The van der Waals surface area contributed by atoms with Crippen LogP contribution in [0.4, 0.5) is 0 Å². The van der Waals surface area contributed by atoms with Gasteiger partial charge in [-0.15, -0.1) is 0 Å². The van der Waals surface area contributed by atoms with Crippen molar-refractivity contribution in [1.29, 1.82) is 0 Å². The lowest BCUT2D eigenvalue weighted by Crippen LogP contribution is -2.16. The van der Waals surface area contributed by atoms with Crippen LogP contribution in [0.2, 0.25) is 5.15 Å². The summed E-state index contributed by atoms with van der Waals surface area (Å²) < 4.78 is 1.91. The fraction of sp³-hybridized carbons (Fsp3) is 0.239. The molecule has 1 heterocycles. The van der Waals surface area contributed by atoms with Gasteiger partial charge < -0.3 is 10.3 Å². The van der Waals surface area contributed by atoms with Crippen LogP contribution < -0.4 is 5.73 Å². The standard InChI is InChI=1S/C23H25ClN4O.C21H26.C2H6/c1-3-4-9-21-27-22(24)20(15-29)28(21)14-16-10-12-17(13-11-16)18-7-5-6-8-19(18)23(25)26-2;1-6-11-13-15-18-21(10-5,19-16-14-12-7-2)20(9-4)17-8-3;1-2/h5-8,10-13,15H,3-4,9,14H2,1-2H3,(H2,25,26);6-9,11-19H,1-4,10H2,5H3;1-2H3/b;13-11-,14-12-,18-15+,19-16+,20-17+;. The molecule has 0 radical (unpaired) electrons. The molecule has 2 N–H and O–H groups in total. The van der Waals surface area contributed by atoms with Crippen molar-refractivity contribution in [2.75, 3.05) is 7.05 Å². The molecule has 52 heavy (non-hydrogen) atoms. The minimum Gasteiger partial charge on any atom is -0.383 e. The number of halogens is 1. The van der Waals surface area contributed by atoms with Crippen LogP contribution in [-0.2, 0) is 13.0 Å². The highest BCUT2D eigenvalue weighted by Crippen LogP contribution is 2.36. The lowest BCUT2D eigenvalue weighted by molar-refractivity contribution is 0.111. The summed E-state index contributed by atoms with van der Waals surface area (Å²) in [6, 6.07) is 16.2. The van der Waals surface area contributed by atoms with Gasteiger partial charge in [-0.1, -0.05) is 200 Å². The number of hydrogen-bond donors (Lipinski definition) is 1. The molecule has 0 saturated carbocycles. The molecular formula is C46H57ClN4O. The SMILES string of the molecule is C=C/C=C\C=C\C(/C=C/C=C\C=C)(CC)/C(C=C)=C/C=C.CC.CCCCc1nc(Cl)c(C=O)n1Cc1ccc(-c2ccccc2C(N)=NC)cc1. The first-order valence-electron chi connectivity index (χ1n) is 17.8. The summed E-state index contributed by atoms with van der Waals surface area (Å²) in [5.74, 6) is 1.36. The Morgan fingerprint density at radius 2 is 1.52 bits per heavy atom. The Hall–Kier alpha value is -5.26. The van der Waals surface area contributed by atoms with Crippen molar-refractivity contribution in [1.82, 2.24) is 9.55 Å². The number of aromatic nitrogens is 2. The topological polar surface area (TPSA) is 73.3 Å². The number of aryl methyl sites for hydroxylation is 1. The summed E-state index contributed by atoms with van der Waals surface area (Å²) in [6.07, 6.45) is 29.9. The van der Waals surface area contributed by atoms with Crippen LogP contribution in [0, 0.1) is 5.41 Å². The highest BCUT2D eigenvalue weighted by atomic mass is 35.5. The van der Waals surface area contributed by atoms with Crippen molar-refractivity contribution in [2.24, 2.45) is 16.1 Å². The Morgan fingerprint density at radius 3 is 2.02 bits per heavy atom. The maximum atomic E-state index is 11.5. The van der Waals surface area contributed by atoms with E-state index in [-0.39, 0.29) is 10.6 Å². The van der Waals surface area contributed by atoms with Gasteiger partial charge in [0.15, 0.2) is 11.4 Å². The van der Waals surface area contributed by atoms with Crippen LogP contribution in [0.15, 0.2) is 164 Å². The third-order valence-corrected chi connectivity index (χ3v) is 8.38. The number of aliphatic imine (C=N–C) groups is 1. The number of carbonyl (C=O) groups excluding carboxylic acids is 1. The quantitative estimate of drug-likeness (QED) is 0.0616. The van der Waals surface area contributed by atoms with E-state index in [4.69, 9.17) is 17.3 Å². The van der Waals surface area contributed by atoms with E-state index < -0.39 is 0 Å². The third-order valence-electron chi connectivity index (χ3n) is 8.10. The number of aldehydes is 1. The Kier molecular flexibility index (Phi) is 22.1. The van der Waals surface area contributed by atoms with Gasteiger partial charge in [0.1, 0.15) is 17.4 Å². The molecule has 0 aliphatic carbocycles. The molecule has 0 saturated heterocycles. The second-order valence-corrected chi connectivity index (χ2v) is 11.6. The summed E-state index contributed by atoms with van der Waals surface area (Å²) in [6.45, 7) is 23.9. The number of benzene rings is 2. The van der Waals surface area contributed by atoms with E-state index in [0.29, 0.717) is 18.1 Å². The summed E-state index contributed by atoms with van der Waals surface area (Å²) >= 11 is 6.18. The second-order valence-electron chi connectivity index (χ2n) is 11.3. The molecule has 0 fully saturated rings. The Morgan fingerprint density at radius 1 is 0.904 bits per heavy atom. The molecule has 0 atom stereocenters. The number of hydrogen-bond acceptors (Lipinski definition) is 3. The molecule has 0 spiro atoms. The first-order chi connectivity index (χ1) is 25.3. The summed E-state index contributed by atoms with van der Waals surface area (Å²) in [7, 11) is 1.69. The molecule has 3 aromatic rings. The molecule has 0 bridgehead atoms. The number of nitrogens with zero attached hydrogens (tertiary/aromatic N) is 3. The van der Waals surface area contributed by atoms with Crippen molar-refractivity contribution in [3.63, 3.8) is 0 Å². The van der Waals surface area contributed by atoms with Crippen LogP contribution in [0.5, 0.6) is 0 Å². The van der Waals surface area contributed by atoms with E-state index >= 15 is 0 Å². The Labute approximate surface area is 318 Å². The molecule has 0 amide bonds. The zero-order valence-electron chi connectivity index (χ0n) is 31.8. The Bertz CT molecular complexity index is 1740. The summed E-state index contributed by atoms with van der Waals surface area (Å²) in [4.78, 5) is 20.0. The predicted octanol–water partition coefficient (Wildman–Crippen LogP) is 12.0. The van der Waals surface area contributed by atoms with E-state index in [1.807, 2.05) is 91.3 Å². The van der Waals surface area contributed by atoms with E-state index in [9.17, 15) is 4.79 Å². The van der Waals surface area contributed by atoms with Gasteiger partial charge in [-0.3, -0.25) is 9.79 Å². The Balaban J connectivity index is 0.000000523. The maximum Gasteiger partial charge on any atom is 0.169 e. The minimum atomic E-state index is -0.201. The highest BCUT2D eigenvalue weighted by molar-refractivity contribution is 6.31. The molecule has 274 valence electrons. The van der Waals surface area contributed by atoms with Gasteiger partial charge in [0, 0.05) is 31.0 Å². The number of allylic oxidation sites excluding steroid dienone is 14. The van der Waals surface area contributed by atoms with Crippen LogP contribution in [0.3, 0.4) is 0 Å². The van der Waals surface area contributed by atoms with Crippen molar-refractivity contribution < 1.29 is 4.79 Å². The molecule has 3 rings (SSSR count). The van der Waals surface area contributed by atoms with Crippen molar-refractivity contribution in [3.05, 3.63) is 187 Å². The molecule has 1 aromatic heterocycles. The second kappa shape index (κ2) is 25.7. The molecule has 0 aliphatic heterocycles. The van der Waals surface area contributed by atoms with Crippen LogP contribution in [0.25, 0.3) is 11.1 Å². The number of amidine groups is 1. The average molecular weight is 717 g/mol. The fourth-order valence-corrected chi connectivity index (χ4v) is 5.56. The van der Waals surface area contributed by atoms with Crippen LogP contribution in [0.1, 0.15) is 74.4 Å². The molecule has 0 aliphatic rings. The van der Waals surface area contributed by atoms with Crippen molar-refractivity contribution >= 4 is 23.7 Å². The molecule has 0 unspecified atom stereocenters. The predicted molar refractivity (Wildman–Crippen MR) is 228 cm³/mol. The van der Waals surface area contributed by atoms with Gasteiger partial charge in [0.2, 0.25) is 0 Å². The number of carbonyl (C=O) groups is 1. The largest absolute Gasteiger partial charge is 0.383 e. The molecule has 2 aromatic carbocycles. The number of unbranched alkanes of at least 4 members (excludes halogenated alkanes) is 1. The summed E-state index contributed by atoms with van der Waals surface area (Å²) in [5, 5.41) is 0.269. The number of nitrogens with two attached hydrogens (primary N) is 1. The first kappa shape index (κ1) is 44.8. The van der Waals surface area contributed by atoms with Gasteiger partial charge in [-0.05, 0) is 35.1 Å². The summed E-state index contributed by atoms with van der Waals surface area (Å²) in [5.41, 5.74) is 11.5. The van der Waals surface area contributed by atoms with E-state index in [0.717, 1.165) is 65.6 Å². The lowest BCUT2D eigenvalue weighted by Gasteiger charge is -2.27. The number of rotatable bonds is 18. The smallest absolute Gasteiger partial charge is 0.169 e. The molecule has 6 heteroatoms. The van der Waals surface area contributed by atoms with E-state index in [2.05, 4.69) is 86.6 Å². The van der Waals surface area contributed by atoms with E-state index in [1.165, 1.54) is 0 Å². The fourth-order valence-electron chi connectivity index (χ4n) is 5.31. The maximum absolute atomic E-state index is 11.5. The number of imidazole rings is 1. The van der Waals surface area contributed by atoms with Gasteiger partial charge in [-0.2, -0.15) is 0 Å². The van der Waals surface area contributed by atoms with Crippen LogP contribution in [-0.4, -0.2) is 28.7 Å². The zero-order chi connectivity index (χ0) is 38.8. The minimum absolute atomic E-state index is 0.201. The van der Waals surface area contributed by atoms with Gasteiger partial charge in [0.25, 0.3) is 0 Å². The van der Waals surface area contributed by atoms with Gasteiger partial charge >= 0.3 is 0 Å². The molecular weight excluding hydrogens is 660 g/mol. The third kappa shape index (κ3) is 13.5. The van der Waals surface area contributed by atoms with Gasteiger partial charge in [-0.25, -0.2) is 4.98 Å². The zero-order valence-corrected chi connectivity index (χ0v) is 32.5. The molecule has 5 nitrogen and oxygen atoms in total. The van der Waals surface area contributed by atoms with Crippen molar-refractivity contribution in [2.45, 2.75) is 59.9 Å². The lowest BCUT2D eigenvalue weighted by atomic mass is 9.76. The average Bonchev–Trinajstić information content (AvgIpc) is 3.49. The van der Waals surface area contributed by atoms with Crippen molar-refractivity contribution in [3.8, 4) is 11.1 Å². The van der Waals surface area contributed by atoms with E-state index in [1.54, 1.807) is 25.3 Å². The first-order valence-corrected chi connectivity index (χ1v) is 18.2.